The van der Waals surface area contributed by atoms with E-state index in [1.54, 1.807) is 11.3 Å². The molecule has 0 aliphatic carbocycles. The SMILES string of the molecule is Cc1c(N)cccc1-c1ccc(Cl)s1. The van der Waals surface area contributed by atoms with Crippen molar-refractivity contribution in [2.75, 3.05) is 5.73 Å². The number of halogens is 1. The first-order chi connectivity index (χ1) is 6.68. The van der Waals surface area contributed by atoms with Gasteiger partial charge in [0.05, 0.1) is 4.34 Å². The van der Waals surface area contributed by atoms with Crippen LogP contribution in [0.1, 0.15) is 5.56 Å². The summed E-state index contributed by atoms with van der Waals surface area (Å²) in [6.07, 6.45) is 0. The van der Waals surface area contributed by atoms with Crippen LogP contribution in [0.2, 0.25) is 4.34 Å². The summed E-state index contributed by atoms with van der Waals surface area (Å²) < 4.78 is 0.807. The van der Waals surface area contributed by atoms with E-state index in [4.69, 9.17) is 17.3 Å². The van der Waals surface area contributed by atoms with Crippen LogP contribution in [0.3, 0.4) is 0 Å². The van der Waals surface area contributed by atoms with Crippen LogP contribution >= 0.6 is 22.9 Å². The molecule has 0 spiro atoms. The maximum Gasteiger partial charge on any atom is 0.0934 e. The molecule has 1 nitrogen and oxygen atoms in total. The van der Waals surface area contributed by atoms with Gasteiger partial charge < -0.3 is 5.73 Å². The van der Waals surface area contributed by atoms with Crippen molar-refractivity contribution in [2.45, 2.75) is 6.92 Å². The maximum absolute atomic E-state index is 5.89. The maximum atomic E-state index is 5.89. The number of nitrogens with two attached hydrogens (primary N) is 1. The highest BCUT2D eigenvalue weighted by atomic mass is 35.5. The Balaban J connectivity index is 2.57. The average Bonchev–Trinajstić information content (AvgIpc) is 2.57. The Morgan fingerprint density at radius 3 is 2.64 bits per heavy atom. The minimum Gasteiger partial charge on any atom is -0.398 e. The highest BCUT2D eigenvalue weighted by molar-refractivity contribution is 7.19. The largest absolute Gasteiger partial charge is 0.398 e. The van der Waals surface area contributed by atoms with Crippen LogP contribution in [0, 0.1) is 6.92 Å². The van der Waals surface area contributed by atoms with Crippen LogP contribution < -0.4 is 5.73 Å². The van der Waals surface area contributed by atoms with E-state index in [2.05, 4.69) is 6.07 Å². The predicted octanol–water partition coefficient (Wildman–Crippen LogP) is 3.96. The molecule has 0 saturated carbocycles. The van der Waals surface area contributed by atoms with Gasteiger partial charge in [-0.1, -0.05) is 23.7 Å². The second-order valence-electron chi connectivity index (χ2n) is 3.12. The van der Waals surface area contributed by atoms with Gasteiger partial charge in [-0.3, -0.25) is 0 Å². The molecule has 0 atom stereocenters. The molecular formula is C11H10ClNS. The molecule has 2 rings (SSSR count). The number of benzene rings is 1. The molecule has 0 amide bonds. The van der Waals surface area contributed by atoms with Crippen molar-refractivity contribution < 1.29 is 0 Å². The van der Waals surface area contributed by atoms with E-state index in [9.17, 15) is 0 Å². The molecule has 0 aliphatic rings. The van der Waals surface area contributed by atoms with E-state index in [1.807, 2.05) is 31.2 Å². The standard InChI is InChI=1S/C11H10ClNS/c1-7-8(3-2-4-9(7)13)10-5-6-11(12)14-10/h2-6H,13H2,1H3. The Morgan fingerprint density at radius 2 is 2.00 bits per heavy atom. The van der Waals surface area contributed by atoms with E-state index >= 15 is 0 Å². The fraction of sp³-hybridized carbons (Fsp3) is 0.0909. The van der Waals surface area contributed by atoms with Crippen LogP contribution in [0.25, 0.3) is 10.4 Å². The summed E-state index contributed by atoms with van der Waals surface area (Å²) in [4.78, 5) is 1.17. The van der Waals surface area contributed by atoms with E-state index in [-0.39, 0.29) is 0 Å². The van der Waals surface area contributed by atoms with Gasteiger partial charge in [0.25, 0.3) is 0 Å². The van der Waals surface area contributed by atoms with Gasteiger partial charge in [-0.25, -0.2) is 0 Å². The van der Waals surface area contributed by atoms with E-state index in [1.165, 1.54) is 10.4 Å². The number of rotatable bonds is 1. The lowest BCUT2D eigenvalue weighted by molar-refractivity contribution is 1.48. The molecule has 0 radical (unpaired) electrons. The lowest BCUT2D eigenvalue weighted by atomic mass is 10.1. The van der Waals surface area contributed by atoms with Gasteiger partial charge in [-0.2, -0.15) is 0 Å². The summed E-state index contributed by atoms with van der Waals surface area (Å²) >= 11 is 7.46. The van der Waals surface area contributed by atoms with Crippen molar-refractivity contribution in [3.05, 3.63) is 40.2 Å². The molecule has 2 aromatic rings. The Kier molecular flexibility index (Phi) is 2.48. The molecule has 14 heavy (non-hydrogen) atoms. The van der Waals surface area contributed by atoms with Crippen LogP contribution in [0.15, 0.2) is 30.3 Å². The molecule has 0 fully saturated rings. The van der Waals surface area contributed by atoms with Crippen molar-refractivity contribution in [3.8, 4) is 10.4 Å². The number of nitrogen functional groups attached to an aromatic ring is 1. The second-order valence-corrected chi connectivity index (χ2v) is 4.84. The topological polar surface area (TPSA) is 26.0 Å². The fourth-order valence-electron chi connectivity index (χ4n) is 1.38. The van der Waals surface area contributed by atoms with Gasteiger partial charge in [0.2, 0.25) is 0 Å². The van der Waals surface area contributed by atoms with Crippen LogP contribution in [0.4, 0.5) is 5.69 Å². The lowest BCUT2D eigenvalue weighted by Gasteiger charge is -2.05. The zero-order chi connectivity index (χ0) is 10.1. The summed E-state index contributed by atoms with van der Waals surface area (Å²) in [7, 11) is 0. The van der Waals surface area contributed by atoms with Gasteiger partial charge in [0, 0.05) is 10.6 Å². The molecule has 0 aliphatic heterocycles. The van der Waals surface area contributed by atoms with Crippen molar-refractivity contribution in [2.24, 2.45) is 0 Å². The van der Waals surface area contributed by atoms with Gasteiger partial charge in [-0.15, -0.1) is 11.3 Å². The van der Waals surface area contributed by atoms with Crippen molar-refractivity contribution >= 4 is 28.6 Å². The summed E-state index contributed by atoms with van der Waals surface area (Å²) in [6.45, 7) is 2.03. The Labute approximate surface area is 92.1 Å². The molecular weight excluding hydrogens is 214 g/mol. The van der Waals surface area contributed by atoms with Gasteiger partial charge in [0.1, 0.15) is 0 Å². The first-order valence-corrected chi connectivity index (χ1v) is 5.49. The molecule has 72 valence electrons. The summed E-state index contributed by atoms with van der Waals surface area (Å²) in [5, 5.41) is 0. The highest BCUT2D eigenvalue weighted by Crippen LogP contribution is 2.34. The third-order valence-corrected chi connectivity index (χ3v) is 3.48. The van der Waals surface area contributed by atoms with E-state index in [0.717, 1.165) is 15.6 Å². The molecule has 0 bridgehead atoms. The van der Waals surface area contributed by atoms with Crippen LogP contribution in [0.5, 0.6) is 0 Å². The zero-order valence-electron chi connectivity index (χ0n) is 7.75. The van der Waals surface area contributed by atoms with Gasteiger partial charge >= 0.3 is 0 Å². The molecule has 1 heterocycles. The van der Waals surface area contributed by atoms with Gasteiger partial charge in [-0.05, 0) is 36.2 Å². The smallest absolute Gasteiger partial charge is 0.0934 e. The van der Waals surface area contributed by atoms with Crippen LogP contribution in [-0.4, -0.2) is 0 Å². The minimum atomic E-state index is 0.807. The van der Waals surface area contributed by atoms with E-state index < -0.39 is 0 Å². The molecule has 2 N–H and O–H groups in total. The number of hydrogen-bond acceptors (Lipinski definition) is 2. The number of hydrogen-bond donors (Lipinski definition) is 1. The molecule has 1 aromatic carbocycles. The predicted molar refractivity (Wildman–Crippen MR) is 63.9 cm³/mol. The summed E-state index contributed by atoms with van der Waals surface area (Å²) in [6, 6.07) is 9.87. The molecule has 0 unspecified atom stereocenters. The number of thiophene rings is 1. The third-order valence-electron chi connectivity index (χ3n) is 2.21. The monoisotopic (exact) mass is 223 g/mol. The van der Waals surface area contributed by atoms with E-state index in [0.29, 0.717) is 0 Å². The van der Waals surface area contributed by atoms with Crippen molar-refractivity contribution in [3.63, 3.8) is 0 Å². The quantitative estimate of drug-likeness (QED) is 0.728. The molecule has 0 saturated heterocycles. The third kappa shape index (κ3) is 1.63. The first-order valence-electron chi connectivity index (χ1n) is 4.29. The van der Waals surface area contributed by atoms with Crippen molar-refractivity contribution in [1.82, 2.24) is 0 Å². The first kappa shape index (κ1) is 9.56. The molecule has 1 aromatic heterocycles. The highest BCUT2D eigenvalue weighted by Gasteiger charge is 2.05. The minimum absolute atomic E-state index is 0.807. The fourth-order valence-corrected chi connectivity index (χ4v) is 2.51. The van der Waals surface area contributed by atoms with Crippen molar-refractivity contribution in [1.29, 1.82) is 0 Å². The summed E-state index contributed by atoms with van der Waals surface area (Å²) in [5.74, 6) is 0. The molecule has 3 heteroatoms. The van der Waals surface area contributed by atoms with Crippen LogP contribution in [-0.2, 0) is 0 Å². The second kappa shape index (κ2) is 3.64. The lowest BCUT2D eigenvalue weighted by Crippen LogP contribution is -1.90. The Bertz CT molecular complexity index is 462. The Morgan fingerprint density at radius 1 is 1.21 bits per heavy atom. The van der Waals surface area contributed by atoms with Gasteiger partial charge in [0.15, 0.2) is 0 Å². The zero-order valence-corrected chi connectivity index (χ0v) is 9.32. The number of anilines is 1. The Hall–Kier alpha value is -0.990. The average molecular weight is 224 g/mol. The normalized spacial score (nSPS) is 10.4. The summed E-state index contributed by atoms with van der Waals surface area (Å²) in [5.41, 5.74) is 8.95.